The maximum atomic E-state index is 11.1. The number of guanidine groups is 1. The van der Waals surface area contributed by atoms with Crippen LogP contribution in [0.2, 0.25) is 0 Å². The molecule has 7 heteroatoms. The molecule has 1 aromatic carbocycles. The van der Waals surface area contributed by atoms with Gasteiger partial charge < -0.3 is 25.2 Å². The van der Waals surface area contributed by atoms with E-state index < -0.39 is 5.97 Å². The number of carbonyl (C=O) groups is 1. The van der Waals surface area contributed by atoms with Gasteiger partial charge >= 0.3 is 5.97 Å². The number of hydrogen-bond acceptors (Lipinski definition) is 4. The van der Waals surface area contributed by atoms with Gasteiger partial charge in [-0.2, -0.15) is 0 Å². The van der Waals surface area contributed by atoms with Crippen molar-refractivity contribution < 1.29 is 19.4 Å². The highest BCUT2D eigenvalue weighted by Gasteiger charge is 2.51. The summed E-state index contributed by atoms with van der Waals surface area (Å²) in [6.45, 7) is 2.67. The third kappa shape index (κ3) is 5.77. The van der Waals surface area contributed by atoms with Crippen LogP contribution < -0.4 is 10.6 Å². The molecule has 4 fully saturated rings. The summed E-state index contributed by atoms with van der Waals surface area (Å²) in [5.74, 6) is 2.39. The van der Waals surface area contributed by atoms with E-state index in [1.54, 1.807) is 31.4 Å². The number of carboxylic acids is 1. The number of aliphatic imine (C=N–C) groups is 1. The van der Waals surface area contributed by atoms with Crippen LogP contribution in [0, 0.1) is 17.8 Å². The number of anilines is 1. The number of aromatic carboxylic acids is 1. The average Bonchev–Trinajstić information content (AvgIpc) is 2.73. The molecule has 0 spiro atoms. The summed E-state index contributed by atoms with van der Waals surface area (Å²) in [6.07, 6.45) is 8.82. The monoisotopic (exact) mass is 429 g/mol. The minimum atomic E-state index is -0.931. The maximum absolute atomic E-state index is 11.1. The Bertz CT molecular complexity index is 742. The molecule has 7 nitrogen and oxygen atoms in total. The zero-order valence-electron chi connectivity index (χ0n) is 18.4. The highest BCUT2D eigenvalue weighted by Crippen LogP contribution is 2.57. The van der Waals surface area contributed by atoms with E-state index in [2.05, 4.69) is 15.6 Å². The van der Waals surface area contributed by atoms with Crippen LogP contribution in [-0.4, -0.2) is 56.0 Å². The smallest absolute Gasteiger partial charge is 0.335 e. The van der Waals surface area contributed by atoms with Gasteiger partial charge in [0, 0.05) is 32.5 Å². The first-order valence-electron chi connectivity index (χ1n) is 11.6. The minimum absolute atomic E-state index is 0.117. The molecular weight excluding hydrogens is 394 g/mol. The number of nitrogens with zero attached hydrogens (tertiary/aromatic N) is 1. The molecule has 4 aliphatic carbocycles. The van der Waals surface area contributed by atoms with Crippen molar-refractivity contribution in [1.82, 2.24) is 5.32 Å². The van der Waals surface area contributed by atoms with E-state index in [1.807, 2.05) is 0 Å². The molecule has 31 heavy (non-hydrogen) atoms. The number of carboxylic acid groups (broad SMARTS) is 1. The fourth-order valence-electron chi connectivity index (χ4n) is 6.02. The van der Waals surface area contributed by atoms with Gasteiger partial charge in [0.2, 0.25) is 0 Å². The third-order valence-corrected chi connectivity index (χ3v) is 6.96. The van der Waals surface area contributed by atoms with Crippen molar-refractivity contribution in [2.24, 2.45) is 22.7 Å². The van der Waals surface area contributed by atoms with E-state index in [1.165, 1.54) is 38.5 Å². The normalized spacial score (nSPS) is 29.2. The van der Waals surface area contributed by atoms with E-state index in [-0.39, 0.29) is 11.2 Å². The minimum Gasteiger partial charge on any atom is -0.478 e. The maximum Gasteiger partial charge on any atom is 0.335 e. The number of nitrogens with one attached hydrogen (secondary N) is 2. The van der Waals surface area contributed by atoms with E-state index in [0.717, 1.165) is 29.9 Å². The van der Waals surface area contributed by atoms with Gasteiger partial charge in [-0.05, 0) is 87.0 Å². The standard InChI is InChI=1S/C24H35N3O4/c1-30-9-2-7-25-23(27-21-5-3-20(4-6-21)22(28)29)26-8-10-31-24-14-17-11-18(15-24)13-19(12-17)16-24/h3-6,17-19H,2,7-16H2,1H3,(H,28,29)(H2,25,26,27). The van der Waals surface area contributed by atoms with Gasteiger partial charge in [-0.15, -0.1) is 0 Å². The third-order valence-electron chi connectivity index (χ3n) is 6.96. The van der Waals surface area contributed by atoms with Gasteiger partial charge in [-0.3, -0.25) is 4.99 Å². The van der Waals surface area contributed by atoms with E-state index in [4.69, 9.17) is 14.6 Å². The molecule has 4 saturated carbocycles. The van der Waals surface area contributed by atoms with Crippen molar-refractivity contribution in [3.05, 3.63) is 29.8 Å². The molecule has 0 atom stereocenters. The Labute approximate surface area is 184 Å². The van der Waals surface area contributed by atoms with Crippen LogP contribution in [0.3, 0.4) is 0 Å². The second-order valence-electron chi connectivity index (χ2n) is 9.46. The fourth-order valence-corrected chi connectivity index (χ4v) is 6.02. The lowest BCUT2D eigenvalue weighted by Gasteiger charge is -2.56. The highest BCUT2D eigenvalue weighted by molar-refractivity contribution is 5.94. The molecule has 1 aromatic rings. The molecular formula is C24H35N3O4. The number of rotatable bonds is 10. The van der Waals surface area contributed by atoms with Crippen molar-refractivity contribution in [3.8, 4) is 0 Å². The van der Waals surface area contributed by atoms with Crippen LogP contribution in [-0.2, 0) is 9.47 Å². The lowest BCUT2D eigenvalue weighted by atomic mass is 9.54. The van der Waals surface area contributed by atoms with Gasteiger partial charge in [0.25, 0.3) is 0 Å². The van der Waals surface area contributed by atoms with Crippen LogP contribution in [0.25, 0.3) is 0 Å². The molecule has 0 heterocycles. The van der Waals surface area contributed by atoms with E-state index in [9.17, 15) is 4.79 Å². The van der Waals surface area contributed by atoms with Crippen molar-refractivity contribution >= 4 is 17.6 Å². The summed E-state index contributed by atoms with van der Waals surface area (Å²) in [5.41, 5.74) is 1.18. The molecule has 0 aliphatic heterocycles. The molecule has 0 radical (unpaired) electrons. The Morgan fingerprint density at radius 3 is 2.32 bits per heavy atom. The fraction of sp³-hybridized carbons (Fsp3) is 0.667. The number of benzene rings is 1. The van der Waals surface area contributed by atoms with Gasteiger partial charge in [0.1, 0.15) is 0 Å². The second kappa shape index (κ2) is 10.0. The Morgan fingerprint density at radius 2 is 1.74 bits per heavy atom. The summed E-state index contributed by atoms with van der Waals surface area (Å²) in [7, 11) is 1.69. The predicted octanol–water partition coefficient (Wildman–Crippen LogP) is 3.76. The van der Waals surface area contributed by atoms with Crippen LogP contribution in [0.4, 0.5) is 5.69 Å². The van der Waals surface area contributed by atoms with Gasteiger partial charge in [-0.1, -0.05) is 0 Å². The van der Waals surface area contributed by atoms with E-state index in [0.29, 0.717) is 32.3 Å². The first-order valence-corrected chi connectivity index (χ1v) is 11.6. The molecule has 4 aliphatic rings. The Hall–Kier alpha value is -2.12. The van der Waals surface area contributed by atoms with Crippen molar-refractivity contribution in [2.45, 2.75) is 50.5 Å². The Kier molecular flexibility index (Phi) is 7.13. The zero-order chi connectivity index (χ0) is 21.7. The largest absolute Gasteiger partial charge is 0.478 e. The van der Waals surface area contributed by atoms with Gasteiger partial charge in [0.05, 0.1) is 17.8 Å². The summed E-state index contributed by atoms with van der Waals surface area (Å²) >= 11 is 0. The second-order valence-corrected chi connectivity index (χ2v) is 9.46. The van der Waals surface area contributed by atoms with Crippen LogP contribution in [0.15, 0.2) is 29.3 Å². The Balaban J connectivity index is 1.29. The molecule has 5 rings (SSSR count). The van der Waals surface area contributed by atoms with Crippen LogP contribution in [0.1, 0.15) is 55.3 Å². The number of ether oxygens (including phenoxy) is 2. The summed E-state index contributed by atoms with van der Waals surface area (Å²) in [4.78, 5) is 15.7. The van der Waals surface area contributed by atoms with Crippen LogP contribution in [0.5, 0.6) is 0 Å². The summed E-state index contributed by atoms with van der Waals surface area (Å²) < 4.78 is 11.6. The molecule has 0 aromatic heterocycles. The molecule has 0 amide bonds. The quantitative estimate of drug-likeness (QED) is 0.298. The van der Waals surface area contributed by atoms with Crippen molar-refractivity contribution in [2.75, 3.05) is 38.7 Å². The zero-order valence-corrected chi connectivity index (χ0v) is 18.4. The van der Waals surface area contributed by atoms with Gasteiger partial charge in [-0.25, -0.2) is 4.79 Å². The van der Waals surface area contributed by atoms with E-state index >= 15 is 0 Å². The first-order chi connectivity index (χ1) is 15.0. The van der Waals surface area contributed by atoms with Gasteiger partial charge in [0.15, 0.2) is 5.96 Å². The molecule has 0 unspecified atom stereocenters. The SMILES string of the molecule is COCCCN=C(NCCOC12CC3CC(CC(C3)C1)C2)Nc1ccc(C(=O)O)cc1. The highest BCUT2D eigenvalue weighted by atomic mass is 16.5. The number of methoxy groups -OCH3 is 1. The van der Waals surface area contributed by atoms with Crippen LogP contribution >= 0.6 is 0 Å². The number of hydrogen-bond donors (Lipinski definition) is 3. The molecule has 170 valence electrons. The molecule has 4 bridgehead atoms. The lowest BCUT2D eigenvalue weighted by molar-refractivity contribution is -0.160. The van der Waals surface area contributed by atoms with Crippen molar-refractivity contribution in [3.63, 3.8) is 0 Å². The first kappa shape index (κ1) is 22.1. The predicted molar refractivity (Wildman–Crippen MR) is 121 cm³/mol. The van der Waals surface area contributed by atoms with Crippen molar-refractivity contribution in [1.29, 1.82) is 0 Å². The summed E-state index contributed by atoms with van der Waals surface area (Å²) in [6, 6.07) is 6.68. The molecule has 3 N–H and O–H groups in total. The lowest BCUT2D eigenvalue weighted by Crippen LogP contribution is -2.52. The Morgan fingerprint density at radius 1 is 1.10 bits per heavy atom. The summed E-state index contributed by atoms with van der Waals surface area (Å²) in [5, 5.41) is 15.7. The average molecular weight is 430 g/mol. The topological polar surface area (TPSA) is 92.2 Å². The molecule has 0 saturated heterocycles.